The van der Waals surface area contributed by atoms with E-state index in [-0.39, 0.29) is 18.2 Å². The maximum Gasteiger partial charge on any atom is 0.294 e. The van der Waals surface area contributed by atoms with Gasteiger partial charge in [-0.1, -0.05) is 0 Å². The predicted molar refractivity (Wildman–Crippen MR) is 72.7 cm³/mol. The van der Waals surface area contributed by atoms with E-state index >= 15 is 0 Å². The SMILES string of the molecule is O=C1CCc2cc(NC3(CO)CC3)c([N+](=O)[O-])cc2N1. The first-order valence-electron chi connectivity index (χ1n) is 6.53. The molecule has 1 heterocycles. The topological polar surface area (TPSA) is 104 Å². The number of anilines is 2. The van der Waals surface area contributed by atoms with Crippen LogP contribution in [-0.2, 0) is 11.2 Å². The van der Waals surface area contributed by atoms with Crippen LogP contribution in [0.15, 0.2) is 12.1 Å². The normalized spacial score (nSPS) is 18.9. The van der Waals surface area contributed by atoms with Gasteiger partial charge in [0, 0.05) is 12.5 Å². The van der Waals surface area contributed by atoms with Crippen molar-refractivity contribution < 1.29 is 14.8 Å². The van der Waals surface area contributed by atoms with Gasteiger partial charge in [0.1, 0.15) is 5.69 Å². The highest BCUT2D eigenvalue weighted by molar-refractivity contribution is 5.95. The molecule has 0 atom stereocenters. The third kappa shape index (κ3) is 2.20. The second-order valence-electron chi connectivity index (χ2n) is 5.40. The number of fused-ring (bicyclic) bond motifs is 1. The largest absolute Gasteiger partial charge is 0.394 e. The Morgan fingerprint density at radius 3 is 2.75 bits per heavy atom. The third-order valence-electron chi connectivity index (χ3n) is 3.87. The monoisotopic (exact) mass is 277 g/mol. The minimum Gasteiger partial charge on any atom is -0.394 e. The average molecular weight is 277 g/mol. The van der Waals surface area contributed by atoms with Crippen molar-refractivity contribution >= 4 is 23.0 Å². The molecule has 1 amide bonds. The van der Waals surface area contributed by atoms with E-state index in [1.165, 1.54) is 6.07 Å². The first-order chi connectivity index (χ1) is 9.53. The number of hydrogen-bond donors (Lipinski definition) is 3. The van der Waals surface area contributed by atoms with Gasteiger partial charge in [-0.05, 0) is 30.9 Å². The molecule has 0 bridgehead atoms. The molecule has 2 aliphatic rings. The maximum absolute atomic E-state index is 11.3. The standard InChI is InChI=1S/C13H15N3O4/c17-7-13(3-4-13)15-10-5-8-1-2-12(18)14-9(8)6-11(10)16(19)20/h5-6,15,17H,1-4,7H2,(H,14,18). The molecule has 1 aliphatic carbocycles. The molecule has 3 rings (SSSR count). The molecular weight excluding hydrogens is 262 g/mol. The Kier molecular flexibility index (Phi) is 2.86. The summed E-state index contributed by atoms with van der Waals surface area (Å²) in [5.41, 5.74) is 1.30. The molecule has 3 N–H and O–H groups in total. The number of aryl methyl sites for hydroxylation is 1. The van der Waals surface area contributed by atoms with Gasteiger partial charge in [0.2, 0.25) is 5.91 Å². The highest BCUT2D eigenvalue weighted by Gasteiger charge is 2.43. The van der Waals surface area contributed by atoms with Crippen LogP contribution in [0.25, 0.3) is 0 Å². The lowest BCUT2D eigenvalue weighted by molar-refractivity contribution is -0.383. The Hall–Kier alpha value is -2.15. The van der Waals surface area contributed by atoms with Crippen molar-refractivity contribution in [2.24, 2.45) is 0 Å². The highest BCUT2D eigenvalue weighted by atomic mass is 16.6. The van der Waals surface area contributed by atoms with Crippen LogP contribution < -0.4 is 10.6 Å². The van der Waals surface area contributed by atoms with E-state index in [1.54, 1.807) is 6.07 Å². The molecule has 0 aromatic heterocycles. The van der Waals surface area contributed by atoms with Crippen molar-refractivity contribution in [1.29, 1.82) is 0 Å². The van der Waals surface area contributed by atoms with Crippen LogP contribution in [0.4, 0.5) is 17.1 Å². The molecule has 0 spiro atoms. The summed E-state index contributed by atoms with van der Waals surface area (Å²) >= 11 is 0. The summed E-state index contributed by atoms with van der Waals surface area (Å²) in [6.45, 7) is -0.0437. The van der Waals surface area contributed by atoms with E-state index in [1.807, 2.05) is 0 Å². The quantitative estimate of drug-likeness (QED) is 0.570. The van der Waals surface area contributed by atoms with Gasteiger partial charge in [-0.25, -0.2) is 0 Å². The minimum atomic E-state index is -0.475. The smallest absolute Gasteiger partial charge is 0.294 e. The van der Waals surface area contributed by atoms with Crippen molar-refractivity contribution in [2.75, 3.05) is 17.2 Å². The minimum absolute atomic E-state index is 0.0437. The van der Waals surface area contributed by atoms with E-state index in [0.717, 1.165) is 18.4 Å². The molecule has 106 valence electrons. The van der Waals surface area contributed by atoms with Gasteiger partial charge in [0.05, 0.1) is 22.8 Å². The molecule has 1 aromatic rings. The second kappa shape index (κ2) is 4.45. The molecule has 1 fully saturated rings. The van der Waals surface area contributed by atoms with Crippen LogP contribution in [0, 0.1) is 10.1 Å². The summed E-state index contributed by atoms with van der Waals surface area (Å²) < 4.78 is 0. The molecule has 0 saturated heterocycles. The number of hydrogen-bond acceptors (Lipinski definition) is 5. The third-order valence-corrected chi connectivity index (χ3v) is 3.87. The zero-order chi connectivity index (χ0) is 14.3. The number of nitro groups is 1. The van der Waals surface area contributed by atoms with Crippen molar-refractivity contribution in [2.45, 2.75) is 31.2 Å². The number of nitrogens with zero attached hydrogens (tertiary/aromatic N) is 1. The fourth-order valence-electron chi connectivity index (χ4n) is 2.43. The summed E-state index contributed by atoms with van der Waals surface area (Å²) in [6.07, 6.45) is 2.55. The van der Waals surface area contributed by atoms with Gasteiger partial charge in [0.25, 0.3) is 5.69 Å². The van der Waals surface area contributed by atoms with E-state index in [9.17, 15) is 20.0 Å². The first kappa shape index (κ1) is 12.9. The van der Waals surface area contributed by atoms with Crippen LogP contribution in [0.5, 0.6) is 0 Å². The number of nitrogens with one attached hydrogen (secondary N) is 2. The summed E-state index contributed by atoms with van der Waals surface area (Å²) in [4.78, 5) is 22.0. The summed E-state index contributed by atoms with van der Waals surface area (Å²) in [5.74, 6) is -0.124. The van der Waals surface area contributed by atoms with Crippen LogP contribution in [0.2, 0.25) is 0 Å². The summed E-state index contributed by atoms with van der Waals surface area (Å²) in [7, 11) is 0. The molecular formula is C13H15N3O4. The highest BCUT2D eigenvalue weighted by Crippen LogP contribution is 2.42. The molecule has 0 unspecified atom stereocenters. The van der Waals surface area contributed by atoms with Gasteiger partial charge in [0.15, 0.2) is 0 Å². The number of rotatable bonds is 4. The van der Waals surface area contributed by atoms with Gasteiger partial charge in [-0.15, -0.1) is 0 Å². The first-order valence-corrected chi connectivity index (χ1v) is 6.53. The molecule has 1 saturated carbocycles. The number of benzene rings is 1. The summed E-state index contributed by atoms with van der Waals surface area (Å²) in [5, 5.41) is 26.2. The fraction of sp³-hybridized carbons (Fsp3) is 0.462. The Labute approximate surface area is 115 Å². The van der Waals surface area contributed by atoms with Gasteiger partial charge < -0.3 is 15.7 Å². The number of carbonyl (C=O) groups excluding carboxylic acids is 1. The predicted octanol–water partition coefficient (Wildman–Crippen LogP) is 1.42. The van der Waals surface area contributed by atoms with Gasteiger partial charge in [-0.3, -0.25) is 14.9 Å². The Bertz CT molecular complexity index is 596. The molecule has 1 aromatic carbocycles. The van der Waals surface area contributed by atoms with E-state index in [4.69, 9.17) is 0 Å². The van der Waals surface area contributed by atoms with Crippen LogP contribution in [-0.4, -0.2) is 28.1 Å². The van der Waals surface area contributed by atoms with Crippen LogP contribution in [0.3, 0.4) is 0 Å². The second-order valence-corrected chi connectivity index (χ2v) is 5.40. The number of amides is 1. The van der Waals surface area contributed by atoms with Gasteiger partial charge >= 0.3 is 0 Å². The Morgan fingerprint density at radius 2 is 2.15 bits per heavy atom. The van der Waals surface area contributed by atoms with Crippen molar-refractivity contribution in [1.82, 2.24) is 0 Å². The molecule has 7 heteroatoms. The van der Waals surface area contributed by atoms with E-state index in [2.05, 4.69) is 10.6 Å². The van der Waals surface area contributed by atoms with E-state index in [0.29, 0.717) is 24.2 Å². The average Bonchev–Trinajstić information content (AvgIpc) is 3.18. The lowest BCUT2D eigenvalue weighted by Crippen LogP contribution is -2.26. The lowest BCUT2D eigenvalue weighted by atomic mass is 10.0. The lowest BCUT2D eigenvalue weighted by Gasteiger charge is -2.21. The fourth-order valence-corrected chi connectivity index (χ4v) is 2.43. The zero-order valence-corrected chi connectivity index (χ0v) is 10.8. The number of aliphatic hydroxyl groups excluding tert-OH is 1. The molecule has 0 radical (unpaired) electrons. The number of carbonyl (C=O) groups is 1. The van der Waals surface area contributed by atoms with Crippen molar-refractivity contribution in [3.8, 4) is 0 Å². The van der Waals surface area contributed by atoms with Crippen molar-refractivity contribution in [3.05, 3.63) is 27.8 Å². The maximum atomic E-state index is 11.3. The molecule has 7 nitrogen and oxygen atoms in total. The van der Waals surface area contributed by atoms with Crippen LogP contribution in [0.1, 0.15) is 24.8 Å². The number of aliphatic hydroxyl groups is 1. The van der Waals surface area contributed by atoms with Crippen molar-refractivity contribution in [3.63, 3.8) is 0 Å². The molecule has 20 heavy (non-hydrogen) atoms. The Morgan fingerprint density at radius 1 is 1.40 bits per heavy atom. The van der Waals surface area contributed by atoms with E-state index < -0.39 is 10.5 Å². The Balaban J connectivity index is 1.99. The van der Waals surface area contributed by atoms with Gasteiger partial charge in [-0.2, -0.15) is 0 Å². The molecule has 1 aliphatic heterocycles. The number of nitro benzene ring substituents is 1. The van der Waals surface area contributed by atoms with Crippen LogP contribution >= 0.6 is 0 Å². The zero-order valence-electron chi connectivity index (χ0n) is 10.8. The summed E-state index contributed by atoms with van der Waals surface area (Å²) in [6, 6.07) is 3.10.